The number of hydrogen-bond donors (Lipinski definition) is 0. The number of allylic oxidation sites excluding steroid dienone is 2. The van der Waals surface area contributed by atoms with E-state index in [0.717, 1.165) is 5.69 Å². The lowest BCUT2D eigenvalue weighted by Gasteiger charge is -2.18. The van der Waals surface area contributed by atoms with Crippen LogP contribution in [0.25, 0.3) is 0 Å². The van der Waals surface area contributed by atoms with Crippen molar-refractivity contribution in [1.29, 1.82) is 0 Å². The van der Waals surface area contributed by atoms with Crippen LogP contribution in [-0.4, -0.2) is 12.5 Å². The zero-order valence-corrected chi connectivity index (χ0v) is 8.76. The number of carbonyl (C=O) groups excluding carboxylic acids is 1. The number of carbonyl (C=O) groups is 1. The molecule has 3 heteroatoms. The first-order valence-corrected chi connectivity index (χ1v) is 4.84. The number of ketones is 1. The molecule has 0 atom stereocenters. The van der Waals surface area contributed by atoms with Gasteiger partial charge in [-0.2, -0.15) is 5.10 Å². The highest BCUT2D eigenvalue weighted by Crippen LogP contribution is 2.25. The molecule has 0 N–H and O–H groups in total. The third-order valence-electron chi connectivity index (χ3n) is 2.26. The third kappa shape index (κ3) is 1.93. The molecule has 0 heterocycles. The number of rotatable bonds is 5. The van der Waals surface area contributed by atoms with E-state index in [1.165, 1.54) is 5.01 Å². The summed E-state index contributed by atoms with van der Waals surface area (Å²) >= 11 is 0. The zero-order chi connectivity index (χ0) is 11.5. The average Bonchev–Trinajstić information content (AvgIpc) is 3.14. The molecule has 16 heavy (non-hydrogen) atoms. The van der Waals surface area contributed by atoms with E-state index in [1.807, 2.05) is 30.3 Å². The molecule has 0 unspecified atom stereocenters. The van der Waals surface area contributed by atoms with Gasteiger partial charge in [-0.3, -0.25) is 4.79 Å². The molecule has 1 aromatic rings. The first kappa shape index (κ1) is 10.4. The first-order chi connectivity index (χ1) is 7.74. The van der Waals surface area contributed by atoms with Crippen LogP contribution in [0.2, 0.25) is 0 Å². The molecule has 0 saturated carbocycles. The maximum atomic E-state index is 11.8. The molecule has 0 amide bonds. The van der Waals surface area contributed by atoms with Gasteiger partial charge in [-0.25, -0.2) is 5.01 Å². The van der Waals surface area contributed by atoms with E-state index >= 15 is 0 Å². The van der Waals surface area contributed by atoms with Crippen LogP contribution in [-0.2, 0) is 4.79 Å². The molecule has 0 aliphatic heterocycles. The van der Waals surface area contributed by atoms with Crippen molar-refractivity contribution in [3.8, 4) is 0 Å². The minimum absolute atomic E-state index is 0. The number of para-hydroxylation sites is 1. The van der Waals surface area contributed by atoms with Crippen LogP contribution in [0.15, 0.2) is 59.4 Å². The van der Waals surface area contributed by atoms with Gasteiger partial charge < -0.3 is 0 Å². The van der Waals surface area contributed by atoms with E-state index in [9.17, 15) is 4.79 Å². The Kier molecular flexibility index (Phi) is 2.68. The van der Waals surface area contributed by atoms with Gasteiger partial charge in [0.15, 0.2) is 0 Å². The van der Waals surface area contributed by atoms with E-state index in [4.69, 9.17) is 0 Å². The Labute approximate surface area is 95.9 Å². The molecule has 3 nitrogen and oxygen atoms in total. The molecule has 0 aromatic heterocycles. The predicted octanol–water partition coefficient (Wildman–Crippen LogP) is 2.58. The highest BCUT2D eigenvalue weighted by Gasteiger charge is 2.24. The zero-order valence-electron chi connectivity index (χ0n) is 8.76. The predicted molar refractivity (Wildman–Crippen MR) is 67.1 cm³/mol. The fourth-order valence-corrected chi connectivity index (χ4v) is 1.35. The minimum atomic E-state index is -0.115. The molecule has 1 aliphatic rings. The average molecular weight is 213 g/mol. The summed E-state index contributed by atoms with van der Waals surface area (Å²) in [6.45, 7) is 7.20. The standard InChI is InChI=1S/C13H11N2O.H2/c1-10(13(16)11-8-9-11)15(14-2)12-6-4-3-5-7-12;/h3-9H,1-2H2;1H. The van der Waals surface area contributed by atoms with Crippen molar-refractivity contribution >= 4 is 18.2 Å². The summed E-state index contributed by atoms with van der Waals surface area (Å²) in [5.41, 5.74) is 1.76. The number of benzene rings is 1. The number of nitrogens with zero attached hydrogens (tertiary/aromatic N) is 2. The fraction of sp³-hybridized carbons (Fsp3) is 0. The highest BCUT2D eigenvalue weighted by molar-refractivity contribution is 6.14. The van der Waals surface area contributed by atoms with Gasteiger partial charge in [0, 0.05) is 20.1 Å². The van der Waals surface area contributed by atoms with E-state index in [0.29, 0.717) is 11.3 Å². The van der Waals surface area contributed by atoms with Crippen LogP contribution in [0, 0.1) is 6.42 Å². The summed E-state index contributed by atoms with van der Waals surface area (Å²) in [6, 6.07) is 9.32. The normalized spacial score (nSPS) is 12.6. The molecule has 0 spiro atoms. The van der Waals surface area contributed by atoms with Gasteiger partial charge in [0.25, 0.3) is 0 Å². The van der Waals surface area contributed by atoms with Crippen LogP contribution in [0.1, 0.15) is 1.43 Å². The molecular formula is C13H13N2O. The van der Waals surface area contributed by atoms with Crippen LogP contribution in [0.5, 0.6) is 0 Å². The molecule has 1 radical (unpaired) electrons. The summed E-state index contributed by atoms with van der Waals surface area (Å²) in [5.74, 6) is -0.115. The lowest BCUT2D eigenvalue weighted by molar-refractivity contribution is -0.111. The Bertz CT molecular complexity index is 479. The number of hydrazone groups is 1. The summed E-state index contributed by atoms with van der Waals surface area (Å²) in [5, 5.41) is 5.25. The van der Waals surface area contributed by atoms with Gasteiger partial charge in [0.05, 0.1) is 5.69 Å². The molecule has 2 rings (SSSR count). The van der Waals surface area contributed by atoms with Crippen LogP contribution in [0.4, 0.5) is 5.69 Å². The van der Waals surface area contributed by atoms with Crippen molar-refractivity contribution in [3.63, 3.8) is 0 Å². The molecule has 1 aliphatic carbocycles. The summed E-state index contributed by atoms with van der Waals surface area (Å²) < 4.78 is 0. The summed E-state index contributed by atoms with van der Waals surface area (Å²) in [6.07, 6.45) is 3.50. The maximum Gasteiger partial charge on any atom is 0.207 e. The smallest absolute Gasteiger partial charge is 0.207 e. The van der Waals surface area contributed by atoms with Crippen LogP contribution >= 0.6 is 0 Å². The Hall–Kier alpha value is -2.16. The topological polar surface area (TPSA) is 32.7 Å². The third-order valence-corrected chi connectivity index (χ3v) is 2.26. The molecule has 0 saturated heterocycles. The number of hydrogen-bond acceptors (Lipinski definition) is 3. The molecule has 81 valence electrons. The van der Waals surface area contributed by atoms with Crippen molar-refractivity contribution in [2.45, 2.75) is 0 Å². The van der Waals surface area contributed by atoms with E-state index in [2.05, 4.69) is 18.4 Å². The molecule has 0 fully saturated rings. The summed E-state index contributed by atoms with van der Waals surface area (Å²) in [4.78, 5) is 11.8. The van der Waals surface area contributed by atoms with Crippen molar-refractivity contribution in [3.05, 3.63) is 60.7 Å². The van der Waals surface area contributed by atoms with Gasteiger partial charge in [0.2, 0.25) is 5.78 Å². The van der Waals surface area contributed by atoms with Gasteiger partial charge in [-0.05, 0) is 12.1 Å². The lowest BCUT2D eigenvalue weighted by Crippen LogP contribution is -2.20. The first-order valence-electron chi connectivity index (χ1n) is 4.84. The van der Waals surface area contributed by atoms with E-state index in [-0.39, 0.29) is 7.21 Å². The molecular weight excluding hydrogens is 200 g/mol. The van der Waals surface area contributed by atoms with Crippen molar-refractivity contribution in [1.82, 2.24) is 0 Å². The second-order valence-corrected chi connectivity index (χ2v) is 3.35. The fourth-order valence-electron chi connectivity index (χ4n) is 1.35. The van der Waals surface area contributed by atoms with E-state index in [1.54, 1.807) is 12.5 Å². The second kappa shape index (κ2) is 4.14. The van der Waals surface area contributed by atoms with Gasteiger partial charge in [0.1, 0.15) is 5.70 Å². The number of Topliss-reactive ketones (excluding diaryl/α,β-unsaturated/α-hetero) is 1. The largest absolute Gasteiger partial charge is 0.287 e. The SMILES string of the molecule is C=NN(C(=C)C(=O)C1=C[CH]1)c1ccccc1.[HH]. The van der Waals surface area contributed by atoms with Crippen LogP contribution < -0.4 is 5.01 Å². The Balaban J connectivity index is 0.00000144. The highest BCUT2D eigenvalue weighted by atomic mass is 16.1. The van der Waals surface area contributed by atoms with E-state index < -0.39 is 0 Å². The number of anilines is 1. The Morgan fingerprint density at radius 3 is 2.44 bits per heavy atom. The minimum Gasteiger partial charge on any atom is -0.287 e. The van der Waals surface area contributed by atoms with Gasteiger partial charge >= 0.3 is 0 Å². The van der Waals surface area contributed by atoms with Gasteiger partial charge in [-0.1, -0.05) is 30.9 Å². The Morgan fingerprint density at radius 1 is 1.31 bits per heavy atom. The molecule has 1 aromatic carbocycles. The second-order valence-electron chi connectivity index (χ2n) is 3.35. The van der Waals surface area contributed by atoms with Crippen molar-refractivity contribution < 1.29 is 6.22 Å². The van der Waals surface area contributed by atoms with Crippen LogP contribution in [0.3, 0.4) is 0 Å². The van der Waals surface area contributed by atoms with Crippen molar-refractivity contribution in [2.75, 3.05) is 5.01 Å². The molecule has 0 bridgehead atoms. The van der Waals surface area contributed by atoms with Crippen molar-refractivity contribution in [2.24, 2.45) is 5.10 Å². The summed E-state index contributed by atoms with van der Waals surface area (Å²) in [7, 11) is 0. The monoisotopic (exact) mass is 213 g/mol. The Morgan fingerprint density at radius 2 is 1.94 bits per heavy atom. The maximum absolute atomic E-state index is 11.8. The quantitative estimate of drug-likeness (QED) is 0.428. The lowest BCUT2D eigenvalue weighted by atomic mass is 10.2. The van der Waals surface area contributed by atoms with Gasteiger partial charge in [-0.15, -0.1) is 0 Å².